The van der Waals surface area contributed by atoms with Crippen molar-refractivity contribution in [1.82, 2.24) is 0 Å². The van der Waals surface area contributed by atoms with E-state index in [1.807, 2.05) is 6.08 Å². The lowest BCUT2D eigenvalue weighted by molar-refractivity contribution is -0.166. The van der Waals surface area contributed by atoms with Gasteiger partial charge in [0, 0.05) is 19.3 Å². The SMILES string of the molecule is CC/C=C\C/C=C\C/C=C\C/C=C\C/C=C\C/C=C\CCC(=O)OCC(COC(=O)CCCCCCCCCCCCCCCCCCCCCCCCC)OC(=O)CCCCCCCCCCC/C=C\CCCCCCCCCC. The minimum absolute atomic E-state index is 0.0973. The van der Waals surface area contributed by atoms with Crippen molar-refractivity contribution >= 4 is 17.9 Å². The molecule has 0 aromatic heterocycles. The van der Waals surface area contributed by atoms with Crippen LogP contribution >= 0.6 is 0 Å². The first-order chi connectivity index (χ1) is 40.0. The molecule has 1 unspecified atom stereocenters. The molecular weight excluding hydrogens is 997 g/mol. The van der Waals surface area contributed by atoms with E-state index in [1.54, 1.807) is 0 Å². The van der Waals surface area contributed by atoms with Crippen molar-refractivity contribution < 1.29 is 28.6 Å². The van der Waals surface area contributed by atoms with Crippen LogP contribution in [0.5, 0.6) is 0 Å². The largest absolute Gasteiger partial charge is 0.462 e. The first-order valence-electron chi connectivity index (χ1n) is 35.1. The van der Waals surface area contributed by atoms with Crippen molar-refractivity contribution in [3.05, 3.63) is 85.1 Å². The third kappa shape index (κ3) is 67.3. The minimum Gasteiger partial charge on any atom is -0.462 e. The standard InChI is InChI=1S/C75H132O6/c1-4-7-10-13-16-19-22-25-28-31-34-36-37-39-41-44-47-50-53-56-59-62-65-68-74(77)80-71-72(70-79-73(76)67-64-61-58-55-52-49-46-43-40-33-30-27-24-21-18-15-12-9-6-3)81-75(78)69-66-63-60-57-54-51-48-45-42-38-35-32-29-26-23-20-17-14-11-8-5-2/h9,12,18,21,27,30,32,35,40,43,49,52,58,61,72H,4-8,10-11,13-17,19-20,22-26,28-29,31,33-34,36-39,41-42,44-48,50-51,53-57,59-60,62-71H2,1-3H3/b12-9-,21-18-,30-27-,35-32-,43-40-,52-49-,61-58-. The normalized spacial score (nSPS) is 12.6. The highest BCUT2D eigenvalue weighted by Crippen LogP contribution is 2.18. The maximum atomic E-state index is 13.0. The van der Waals surface area contributed by atoms with Crippen molar-refractivity contribution in [2.45, 2.75) is 361 Å². The summed E-state index contributed by atoms with van der Waals surface area (Å²) in [5.74, 6) is -0.968. The summed E-state index contributed by atoms with van der Waals surface area (Å²) in [6.45, 7) is 6.52. The summed E-state index contributed by atoms with van der Waals surface area (Å²) >= 11 is 0. The molecule has 0 amide bonds. The topological polar surface area (TPSA) is 78.9 Å². The molecule has 0 aromatic carbocycles. The summed E-state index contributed by atoms with van der Waals surface area (Å²) in [6, 6.07) is 0. The number of unbranched alkanes of at least 4 members (excludes halogenated alkanes) is 39. The number of hydrogen-bond acceptors (Lipinski definition) is 6. The zero-order valence-electron chi connectivity index (χ0n) is 53.8. The highest BCUT2D eigenvalue weighted by Gasteiger charge is 2.19. The van der Waals surface area contributed by atoms with Crippen LogP contribution in [0.3, 0.4) is 0 Å². The highest BCUT2D eigenvalue weighted by molar-refractivity contribution is 5.71. The molecule has 0 heterocycles. The van der Waals surface area contributed by atoms with Gasteiger partial charge in [-0.2, -0.15) is 0 Å². The molecule has 0 rings (SSSR count). The molecule has 1 atom stereocenters. The third-order valence-electron chi connectivity index (χ3n) is 15.4. The van der Waals surface area contributed by atoms with Crippen molar-refractivity contribution in [1.29, 1.82) is 0 Å². The van der Waals surface area contributed by atoms with Crippen LogP contribution in [-0.2, 0) is 28.6 Å². The smallest absolute Gasteiger partial charge is 0.306 e. The van der Waals surface area contributed by atoms with Crippen LogP contribution in [0.4, 0.5) is 0 Å². The van der Waals surface area contributed by atoms with E-state index >= 15 is 0 Å². The Hall–Kier alpha value is -3.41. The summed E-state index contributed by atoms with van der Waals surface area (Å²) < 4.78 is 16.9. The van der Waals surface area contributed by atoms with Crippen molar-refractivity contribution in [3.8, 4) is 0 Å². The molecule has 468 valence electrons. The molecule has 0 saturated heterocycles. The van der Waals surface area contributed by atoms with Crippen LogP contribution in [0.15, 0.2) is 85.1 Å². The maximum Gasteiger partial charge on any atom is 0.306 e. The van der Waals surface area contributed by atoms with Gasteiger partial charge in [-0.1, -0.05) is 337 Å². The van der Waals surface area contributed by atoms with Gasteiger partial charge in [0.15, 0.2) is 6.10 Å². The molecule has 0 fully saturated rings. The van der Waals surface area contributed by atoms with Crippen LogP contribution in [0.25, 0.3) is 0 Å². The predicted octanol–water partition coefficient (Wildman–Crippen LogP) is 24.2. The molecule has 0 aromatic rings. The van der Waals surface area contributed by atoms with Gasteiger partial charge in [0.1, 0.15) is 13.2 Å². The Morgan fingerprint density at radius 1 is 0.259 bits per heavy atom. The highest BCUT2D eigenvalue weighted by atomic mass is 16.6. The lowest BCUT2D eigenvalue weighted by Gasteiger charge is -2.18. The zero-order chi connectivity index (χ0) is 58.5. The molecule has 0 radical (unpaired) electrons. The molecule has 0 aliphatic carbocycles. The van der Waals surface area contributed by atoms with E-state index in [2.05, 4.69) is 99.8 Å². The molecule has 0 saturated carbocycles. The number of hydrogen-bond donors (Lipinski definition) is 0. The monoisotopic (exact) mass is 1130 g/mol. The quantitative estimate of drug-likeness (QED) is 0.0261. The van der Waals surface area contributed by atoms with E-state index in [-0.39, 0.29) is 37.5 Å². The van der Waals surface area contributed by atoms with Gasteiger partial charge in [-0.25, -0.2) is 0 Å². The second kappa shape index (κ2) is 69.1. The van der Waals surface area contributed by atoms with Crippen LogP contribution in [-0.4, -0.2) is 37.2 Å². The fourth-order valence-electron chi connectivity index (χ4n) is 10.2. The van der Waals surface area contributed by atoms with Gasteiger partial charge in [-0.3, -0.25) is 14.4 Å². The first kappa shape index (κ1) is 77.6. The number of allylic oxidation sites excluding steroid dienone is 14. The van der Waals surface area contributed by atoms with Crippen LogP contribution in [0.2, 0.25) is 0 Å². The Bertz CT molecular complexity index is 1530. The fourth-order valence-corrected chi connectivity index (χ4v) is 10.2. The molecule has 0 N–H and O–H groups in total. The van der Waals surface area contributed by atoms with Gasteiger partial charge in [0.2, 0.25) is 0 Å². The van der Waals surface area contributed by atoms with E-state index in [9.17, 15) is 14.4 Å². The Labute approximate surface area is 503 Å². The molecule has 6 heteroatoms. The van der Waals surface area contributed by atoms with Gasteiger partial charge in [0.05, 0.1) is 0 Å². The summed E-state index contributed by atoms with van der Waals surface area (Å²) in [7, 11) is 0. The van der Waals surface area contributed by atoms with Gasteiger partial charge in [-0.05, 0) is 83.5 Å². The first-order valence-corrected chi connectivity index (χ1v) is 35.1. The van der Waals surface area contributed by atoms with Crippen LogP contribution in [0.1, 0.15) is 355 Å². The Balaban J connectivity index is 4.42. The van der Waals surface area contributed by atoms with E-state index in [1.165, 1.54) is 231 Å². The maximum absolute atomic E-state index is 13.0. The number of carbonyl (C=O) groups is 3. The molecule has 0 aliphatic heterocycles. The molecular formula is C75H132O6. The summed E-state index contributed by atoms with van der Waals surface area (Å²) in [6.07, 6.45) is 91.9. The minimum atomic E-state index is -0.809. The average Bonchev–Trinajstić information content (AvgIpc) is 3.47. The number of carbonyl (C=O) groups excluding carboxylic acids is 3. The van der Waals surface area contributed by atoms with Gasteiger partial charge >= 0.3 is 17.9 Å². The van der Waals surface area contributed by atoms with E-state index in [0.29, 0.717) is 19.3 Å². The molecule has 0 aliphatic rings. The molecule has 81 heavy (non-hydrogen) atoms. The van der Waals surface area contributed by atoms with Crippen LogP contribution in [0, 0.1) is 0 Å². The lowest BCUT2D eigenvalue weighted by Crippen LogP contribution is -2.30. The van der Waals surface area contributed by atoms with Gasteiger partial charge in [-0.15, -0.1) is 0 Å². The molecule has 0 bridgehead atoms. The second-order valence-electron chi connectivity index (χ2n) is 23.4. The van der Waals surface area contributed by atoms with Crippen molar-refractivity contribution in [2.24, 2.45) is 0 Å². The summed E-state index contributed by atoms with van der Waals surface area (Å²) in [4.78, 5) is 38.4. The van der Waals surface area contributed by atoms with Crippen LogP contribution < -0.4 is 0 Å². The number of ether oxygens (including phenoxy) is 3. The van der Waals surface area contributed by atoms with Crippen molar-refractivity contribution in [2.75, 3.05) is 13.2 Å². The van der Waals surface area contributed by atoms with Gasteiger partial charge < -0.3 is 14.2 Å². The Kier molecular flexibility index (Phi) is 66.2. The summed E-state index contributed by atoms with van der Waals surface area (Å²) in [5.41, 5.74) is 0. The predicted molar refractivity (Wildman–Crippen MR) is 353 cm³/mol. The van der Waals surface area contributed by atoms with E-state index < -0.39 is 6.10 Å². The lowest BCUT2D eigenvalue weighted by atomic mass is 10.0. The second-order valence-corrected chi connectivity index (χ2v) is 23.4. The molecule has 0 spiro atoms. The number of rotatable bonds is 64. The Morgan fingerprint density at radius 3 is 0.827 bits per heavy atom. The third-order valence-corrected chi connectivity index (χ3v) is 15.4. The average molecular weight is 1130 g/mol. The van der Waals surface area contributed by atoms with E-state index in [4.69, 9.17) is 14.2 Å². The molecule has 6 nitrogen and oxygen atoms in total. The van der Waals surface area contributed by atoms with E-state index in [0.717, 1.165) is 77.0 Å². The summed E-state index contributed by atoms with van der Waals surface area (Å²) in [5, 5.41) is 0. The number of esters is 3. The Morgan fingerprint density at radius 2 is 0.506 bits per heavy atom. The van der Waals surface area contributed by atoms with Gasteiger partial charge in [0.25, 0.3) is 0 Å². The zero-order valence-corrected chi connectivity index (χ0v) is 53.8. The van der Waals surface area contributed by atoms with Crippen molar-refractivity contribution in [3.63, 3.8) is 0 Å². The fraction of sp³-hybridized carbons (Fsp3) is 0.773.